The average molecular weight is 1500 g/mol. The van der Waals surface area contributed by atoms with Gasteiger partial charge in [-0.1, -0.05) is 6.42 Å². The quantitative estimate of drug-likeness (QED) is 0.0199. The molecule has 0 spiro atoms. The Morgan fingerprint density at radius 2 is 0.775 bits per heavy atom. The Balaban J connectivity index is 1.55. The van der Waals surface area contributed by atoms with Crippen molar-refractivity contribution in [1.82, 2.24) is 41.7 Å². The molecule has 0 aromatic carbocycles. The van der Waals surface area contributed by atoms with E-state index in [2.05, 4.69) is 31.9 Å². The highest BCUT2D eigenvalue weighted by molar-refractivity contribution is 7.45. The van der Waals surface area contributed by atoms with E-state index in [0.717, 1.165) is 0 Å². The molecule has 40 nitrogen and oxygen atoms in total. The van der Waals surface area contributed by atoms with Crippen molar-refractivity contribution < 1.29 is 155 Å². The smallest absolute Gasteiger partial charge is 0.268 e. The lowest BCUT2D eigenvalue weighted by atomic mass is 9.97. The molecular formula is C61H112N8O32P-. The van der Waals surface area contributed by atoms with Crippen molar-refractivity contribution in [2.24, 2.45) is 0 Å². The Labute approximate surface area is 593 Å². The molecule has 41 heteroatoms. The molecule has 16 unspecified atom stereocenters. The van der Waals surface area contributed by atoms with Gasteiger partial charge in [-0.3, -0.25) is 43.0 Å². The maximum absolute atomic E-state index is 13.8. The molecule has 0 saturated carbocycles. The Bertz CT molecular complexity index is 2370. The summed E-state index contributed by atoms with van der Waals surface area (Å²) in [5.41, 5.74) is -1.01. The molecule has 16 atom stereocenters. The second-order valence-corrected chi connectivity index (χ2v) is 26.1. The SMILES string of the molecule is CC(=O)NC1C(OCCOCCOCCNC(=O)CN(CCCN(CC(=O)NCCOCCOCCOC2OC(CO)C(O)C(O)C2NC(C)=O)C(=O)CCCCCOP(=O)([O-])OC(C)(C)C)CC(=O)NCCOCCOCCOC2OC(CO)C(O)C(O)C2NC(C)=O)OC(CO)C(O)C1O. The maximum atomic E-state index is 13.8. The number of aliphatic hydroxyl groups is 9. The molecule has 0 bridgehead atoms. The second-order valence-electron chi connectivity index (χ2n) is 24.8. The summed E-state index contributed by atoms with van der Waals surface area (Å²) < 4.78 is 89.1. The number of nitrogens with one attached hydrogen (secondary N) is 6. The third-order valence-corrected chi connectivity index (χ3v) is 16.4. The molecule has 3 heterocycles. The lowest BCUT2D eigenvalue weighted by molar-refractivity contribution is -0.272. The van der Waals surface area contributed by atoms with E-state index in [-0.39, 0.29) is 177 Å². The fourth-order valence-electron chi connectivity index (χ4n) is 10.3. The van der Waals surface area contributed by atoms with Gasteiger partial charge in [0.2, 0.25) is 41.4 Å². The van der Waals surface area contributed by atoms with Gasteiger partial charge in [0.05, 0.1) is 151 Å². The van der Waals surface area contributed by atoms with Crippen LogP contribution < -0.4 is 36.8 Å². The molecule has 594 valence electrons. The zero-order valence-electron chi connectivity index (χ0n) is 59.0. The van der Waals surface area contributed by atoms with Crippen LogP contribution >= 0.6 is 7.82 Å². The van der Waals surface area contributed by atoms with E-state index in [9.17, 15) is 89.0 Å². The normalized spacial score (nSPS) is 25.8. The molecule has 0 aliphatic carbocycles. The summed E-state index contributed by atoms with van der Waals surface area (Å²) in [6, 6.07) is -3.36. The number of hydrogen-bond donors (Lipinski definition) is 15. The van der Waals surface area contributed by atoms with Crippen molar-refractivity contribution in [3.63, 3.8) is 0 Å². The summed E-state index contributed by atoms with van der Waals surface area (Å²) in [5, 5.41) is 106. The van der Waals surface area contributed by atoms with E-state index in [4.69, 9.17) is 65.9 Å². The number of carbonyl (C=O) groups excluding carboxylic acids is 7. The molecule has 15 N–H and O–H groups in total. The molecule has 3 saturated heterocycles. The molecule has 0 aromatic heterocycles. The van der Waals surface area contributed by atoms with E-state index in [1.54, 1.807) is 25.7 Å². The van der Waals surface area contributed by atoms with Gasteiger partial charge in [0.1, 0.15) is 73.1 Å². The summed E-state index contributed by atoms with van der Waals surface area (Å²) in [6.07, 6.45) is -14.8. The summed E-state index contributed by atoms with van der Waals surface area (Å²) in [5.74, 6) is -3.43. The van der Waals surface area contributed by atoms with Gasteiger partial charge >= 0.3 is 0 Å². The summed E-state index contributed by atoms with van der Waals surface area (Å²) in [6.45, 7) is 6.27. The summed E-state index contributed by atoms with van der Waals surface area (Å²) in [4.78, 5) is 104. The van der Waals surface area contributed by atoms with Gasteiger partial charge in [-0.25, -0.2) is 0 Å². The molecule has 102 heavy (non-hydrogen) atoms. The number of phosphoric acid groups is 1. The van der Waals surface area contributed by atoms with E-state index in [0.29, 0.717) is 12.8 Å². The maximum Gasteiger partial charge on any atom is 0.268 e. The van der Waals surface area contributed by atoms with Crippen LogP contribution in [0.15, 0.2) is 0 Å². The number of carbonyl (C=O) groups is 7. The van der Waals surface area contributed by atoms with Gasteiger partial charge in [-0.2, -0.15) is 0 Å². The van der Waals surface area contributed by atoms with Crippen LogP contribution in [0.5, 0.6) is 0 Å². The number of rotatable bonds is 54. The van der Waals surface area contributed by atoms with Gasteiger partial charge < -0.3 is 154 Å². The first-order chi connectivity index (χ1) is 48.5. The summed E-state index contributed by atoms with van der Waals surface area (Å²) >= 11 is 0. The fraction of sp³-hybridized carbons (Fsp3) is 0.885. The highest BCUT2D eigenvalue weighted by Crippen LogP contribution is 2.43. The largest absolute Gasteiger partial charge is 0.756 e. The zero-order chi connectivity index (χ0) is 75.6. The minimum absolute atomic E-state index is 0.00165. The van der Waals surface area contributed by atoms with Gasteiger partial charge in [-0.15, -0.1) is 0 Å². The Morgan fingerprint density at radius 3 is 1.11 bits per heavy atom. The number of phosphoric ester groups is 1. The monoisotopic (exact) mass is 1500 g/mol. The highest BCUT2D eigenvalue weighted by atomic mass is 31.2. The van der Waals surface area contributed by atoms with Crippen LogP contribution in [0.4, 0.5) is 0 Å². The van der Waals surface area contributed by atoms with Crippen LogP contribution in [0.1, 0.15) is 73.6 Å². The summed E-state index contributed by atoms with van der Waals surface area (Å²) in [7, 11) is -4.59. The van der Waals surface area contributed by atoms with Crippen LogP contribution in [-0.4, -0.2) is 373 Å². The fourth-order valence-corrected chi connectivity index (χ4v) is 11.3. The minimum Gasteiger partial charge on any atom is -0.756 e. The first-order valence-corrected chi connectivity index (χ1v) is 35.4. The molecule has 7 amide bonds. The van der Waals surface area contributed by atoms with Crippen LogP contribution in [0.3, 0.4) is 0 Å². The van der Waals surface area contributed by atoms with Crippen LogP contribution in [0, 0.1) is 0 Å². The third-order valence-electron chi connectivity index (χ3n) is 15.1. The lowest BCUT2D eigenvalue weighted by Crippen LogP contribution is -2.64. The number of amides is 7. The van der Waals surface area contributed by atoms with Gasteiger partial charge in [-0.05, 0) is 40.0 Å². The Kier molecular flexibility index (Phi) is 45.8. The minimum atomic E-state index is -4.59. The number of hydrogen-bond acceptors (Lipinski definition) is 33. The molecular weight excluding hydrogens is 1390 g/mol. The topological polar surface area (TPSA) is 550 Å². The first-order valence-electron chi connectivity index (χ1n) is 34.0. The van der Waals surface area contributed by atoms with Gasteiger partial charge in [0.25, 0.3) is 7.82 Å². The molecule has 0 radical (unpaired) electrons. The van der Waals surface area contributed by atoms with Crippen molar-refractivity contribution in [2.75, 3.05) is 178 Å². The van der Waals surface area contributed by atoms with Crippen molar-refractivity contribution >= 4 is 49.2 Å². The average Bonchev–Trinajstić information content (AvgIpc) is 0.822. The van der Waals surface area contributed by atoms with E-state index in [1.165, 1.54) is 25.7 Å². The number of aliphatic hydroxyl groups excluding tert-OH is 9. The van der Waals surface area contributed by atoms with Crippen molar-refractivity contribution in [1.29, 1.82) is 0 Å². The van der Waals surface area contributed by atoms with E-state index in [1.807, 2.05) is 0 Å². The standard InChI is InChI=1S/C61H113N8O32P/c1-39(73)65-49-55(83)52(80)42(36-70)98-58(49)94-30-27-91-24-21-88-18-12-62-45(76)33-68(34-46(77)63-13-19-89-22-25-92-28-31-95-59-50(66-40(2)74)56(84)53(81)43(37-71)99-59)15-10-16-69(48(79)11-8-7-9-17-97-102(86,87)101-61(4,5)6)35-47(78)64-14-20-90-23-26-93-29-32-96-60-51(67-41(3)75)57(85)54(82)44(38-72)100-60/h42-44,49-60,70-72,80-85H,7-38H2,1-6H3,(H,62,76)(H,63,77)(H,64,78)(H,65,73)(H,66,74)(H,67,75)(H,86,87)/p-1. The van der Waals surface area contributed by atoms with Crippen LogP contribution in [-0.2, 0) is 104 Å². The molecule has 3 fully saturated rings. The Morgan fingerprint density at radius 1 is 0.441 bits per heavy atom. The molecule has 3 aliphatic heterocycles. The number of nitrogens with zero attached hydrogens (tertiary/aromatic N) is 2. The predicted molar refractivity (Wildman–Crippen MR) is 348 cm³/mol. The second kappa shape index (κ2) is 50.9. The van der Waals surface area contributed by atoms with Crippen LogP contribution in [0.2, 0.25) is 0 Å². The molecule has 3 rings (SSSR count). The van der Waals surface area contributed by atoms with Crippen molar-refractivity contribution in [3.05, 3.63) is 0 Å². The van der Waals surface area contributed by atoms with Crippen molar-refractivity contribution in [2.45, 2.75) is 171 Å². The van der Waals surface area contributed by atoms with Gasteiger partial charge in [0, 0.05) is 59.9 Å². The van der Waals surface area contributed by atoms with Crippen molar-refractivity contribution in [3.8, 4) is 0 Å². The van der Waals surface area contributed by atoms with Gasteiger partial charge in [0.15, 0.2) is 18.9 Å². The van der Waals surface area contributed by atoms with Crippen LogP contribution in [0.25, 0.3) is 0 Å². The number of unbranched alkanes of at least 4 members (excludes halogenated alkanes) is 2. The zero-order valence-corrected chi connectivity index (χ0v) is 59.9. The van der Waals surface area contributed by atoms with E-state index < -0.39 is 167 Å². The predicted octanol–water partition coefficient (Wildman–Crippen LogP) is -8.30. The first kappa shape index (κ1) is 91.7. The Hall–Kier alpha value is -4.48. The third kappa shape index (κ3) is 37.7. The lowest BCUT2D eigenvalue weighted by Gasteiger charge is -2.42. The highest BCUT2D eigenvalue weighted by Gasteiger charge is 2.48. The number of ether oxygens (including phenoxy) is 12. The van der Waals surface area contributed by atoms with E-state index >= 15 is 0 Å². The molecule has 0 aromatic rings. The molecule has 3 aliphatic rings.